The molecule has 1 aliphatic rings. The van der Waals surface area contributed by atoms with Gasteiger partial charge in [0.05, 0.1) is 6.54 Å². The van der Waals surface area contributed by atoms with E-state index in [9.17, 15) is 9.18 Å². The van der Waals surface area contributed by atoms with E-state index in [-0.39, 0.29) is 6.54 Å². The van der Waals surface area contributed by atoms with Crippen molar-refractivity contribution in [2.75, 3.05) is 13.2 Å². The largest absolute Gasteiger partial charge is 0.387 e. The Kier molecular flexibility index (Phi) is 2.44. The lowest BCUT2D eigenvalue weighted by Crippen LogP contribution is -2.45. The van der Waals surface area contributed by atoms with Gasteiger partial charge in [-0.1, -0.05) is 0 Å². The zero-order chi connectivity index (χ0) is 8.32. The Morgan fingerprint density at radius 3 is 2.64 bits per heavy atom. The van der Waals surface area contributed by atoms with Crippen LogP contribution >= 0.6 is 0 Å². The van der Waals surface area contributed by atoms with Crippen molar-refractivity contribution in [3.8, 4) is 0 Å². The molecular weight excluding hydrogens is 149 g/mol. The first-order valence-electron chi connectivity index (χ1n) is 3.73. The summed E-state index contributed by atoms with van der Waals surface area (Å²) in [6, 6.07) is 0. The van der Waals surface area contributed by atoms with Crippen molar-refractivity contribution in [1.29, 1.82) is 0 Å². The molecule has 0 saturated heterocycles. The van der Waals surface area contributed by atoms with Crippen molar-refractivity contribution in [2.45, 2.75) is 24.9 Å². The fraction of sp³-hybridized carbons (Fsp3) is 0.857. The predicted molar refractivity (Wildman–Crippen MR) is 37.8 cm³/mol. The molecule has 1 rings (SSSR count). The number of aliphatic hydroxyl groups is 1. The van der Waals surface area contributed by atoms with Gasteiger partial charge in [0, 0.05) is 0 Å². The second kappa shape index (κ2) is 3.17. The molecule has 4 heteroatoms. The number of carbonyl (C=O) groups excluding carboxylic acids is 1. The molecule has 0 bridgehead atoms. The number of alkyl halides is 1. The molecule has 0 atom stereocenters. The molecule has 1 aliphatic carbocycles. The number of carbonyl (C=O) groups is 1. The van der Waals surface area contributed by atoms with Gasteiger partial charge in [0.15, 0.2) is 0 Å². The Balaban J connectivity index is 2.16. The van der Waals surface area contributed by atoms with Gasteiger partial charge in [0.1, 0.15) is 12.3 Å². The second-order valence-electron chi connectivity index (χ2n) is 2.94. The Labute approximate surface area is 64.6 Å². The quantitative estimate of drug-likeness (QED) is 0.611. The third-order valence-corrected chi connectivity index (χ3v) is 2.00. The average Bonchev–Trinajstić information content (AvgIpc) is 1.96. The van der Waals surface area contributed by atoms with Crippen LogP contribution in [0.5, 0.6) is 0 Å². The first kappa shape index (κ1) is 8.46. The predicted octanol–water partition coefficient (Wildman–Crippen LogP) is -0.0129. The van der Waals surface area contributed by atoms with Crippen LogP contribution in [0.15, 0.2) is 0 Å². The van der Waals surface area contributed by atoms with Crippen molar-refractivity contribution < 1.29 is 14.3 Å². The van der Waals surface area contributed by atoms with Crippen LogP contribution in [0.1, 0.15) is 19.3 Å². The van der Waals surface area contributed by atoms with Gasteiger partial charge >= 0.3 is 0 Å². The number of amides is 1. The van der Waals surface area contributed by atoms with Gasteiger partial charge in [-0.3, -0.25) is 4.79 Å². The average molecular weight is 161 g/mol. The maximum atomic E-state index is 13.1. The fourth-order valence-corrected chi connectivity index (χ4v) is 1.05. The Bertz CT molecular complexity index is 157. The van der Waals surface area contributed by atoms with Gasteiger partial charge < -0.3 is 10.4 Å². The summed E-state index contributed by atoms with van der Waals surface area (Å²) >= 11 is 0. The summed E-state index contributed by atoms with van der Waals surface area (Å²) in [5.41, 5.74) is -1.19. The van der Waals surface area contributed by atoms with E-state index in [1.165, 1.54) is 0 Å². The first-order chi connectivity index (χ1) is 5.16. The van der Waals surface area contributed by atoms with Gasteiger partial charge in [-0.2, -0.15) is 0 Å². The number of aliphatic hydroxyl groups excluding tert-OH is 1. The molecule has 11 heavy (non-hydrogen) atoms. The molecule has 0 radical (unpaired) electrons. The highest BCUT2D eigenvalue weighted by Crippen LogP contribution is 2.34. The van der Waals surface area contributed by atoms with E-state index in [0.29, 0.717) is 12.8 Å². The van der Waals surface area contributed by atoms with E-state index in [2.05, 4.69) is 5.32 Å². The van der Waals surface area contributed by atoms with Crippen LogP contribution in [0.3, 0.4) is 0 Å². The van der Waals surface area contributed by atoms with Crippen LogP contribution in [0.25, 0.3) is 0 Å². The highest BCUT2D eigenvalue weighted by Gasteiger charge is 2.36. The number of halogens is 1. The van der Waals surface area contributed by atoms with Crippen molar-refractivity contribution in [3.05, 3.63) is 0 Å². The van der Waals surface area contributed by atoms with Crippen LogP contribution in [-0.2, 0) is 4.79 Å². The summed E-state index contributed by atoms with van der Waals surface area (Å²) in [4.78, 5) is 10.5. The monoisotopic (exact) mass is 161 g/mol. The SMILES string of the molecule is O=C(CO)NCC1(F)CCC1. The molecule has 2 N–H and O–H groups in total. The third kappa shape index (κ3) is 2.15. The van der Waals surface area contributed by atoms with Crippen molar-refractivity contribution >= 4 is 5.91 Å². The summed E-state index contributed by atoms with van der Waals surface area (Å²) in [6.07, 6.45) is 1.95. The van der Waals surface area contributed by atoms with E-state index < -0.39 is 18.2 Å². The molecule has 64 valence electrons. The maximum absolute atomic E-state index is 13.1. The Hall–Kier alpha value is -0.640. The van der Waals surface area contributed by atoms with Crippen LogP contribution < -0.4 is 5.32 Å². The molecule has 0 aromatic heterocycles. The van der Waals surface area contributed by atoms with E-state index in [0.717, 1.165) is 6.42 Å². The van der Waals surface area contributed by atoms with Gasteiger partial charge in [-0.05, 0) is 19.3 Å². The van der Waals surface area contributed by atoms with Gasteiger partial charge in [0.2, 0.25) is 5.91 Å². The zero-order valence-electron chi connectivity index (χ0n) is 6.27. The highest BCUT2D eigenvalue weighted by molar-refractivity contribution is 5.76. The number of rotatable bonds is 3. The van der Waals surface area contributed by atoms with Crippen LogP contribution in [0.4, 0.5) is 4.39 Å². The molecule has 0 aromatic carbocycles. The van der Waals surface area contributed by atoms with Crippen molar-refractivity contribution in [2.24, 2.45) is 0 Å². The van der Waals surface area contributed by atoms with Crippen LogP contribution in [0, 0.1) is 0 Å². The maximum Gasteiger partial charge on any atom is 0.245 e. The van der Waals surface area contributed by atoms with E-state index in [1.807, 2.05) is 0 Å². The molecule has 1 fully saturated rings. The smallest absolute Gasteiger partial charge is 0.245 e. The molecular formula is C7H12FNO2. The lowest BCUT2D eigenvalue weighted by atomic mass is 9.82. The highest BCUT2D eigenvalue weighted by atomic mass is 19.1. The van der Waals surface area contributed by atoms with Gasteiger partial charge in [0.25, 0.3) is 0 Å². The van der Waals surface area contributed by atoms with Gasteiger partial charge in [-0.25, -0.2) is 4.39 Å². The minimum absolute atomic E-state index is 0.0480. The van der Waals surface area contributed by atoms with Crippen LogP contribution in [-0.4, -0.2) is 29.8 Å². The van der Waals surface area contributed by atoms with E-state index >= 15 is 0 Å². The normalized spacial score (nSPS) is 20.5. The van der Waals surface area contributed by atoms with Crippen molar-refractivity contribution in [3.63, 3.8) is 0 Å². The second-order valence-corrected chi connectivity index (χ2v) is 2.94. The summed E-state index contributed by atoms with van der Waals surface area (Å²) in [7, 11) is 0. The molecule has 0 heterocycles. The lowest BCUT2D eigenvalue weighted by Gasteiger charge is -2.33. The lowest BCUT2D eigenvalue weighted by molar-refractivity contribution is -0.124. The first-order valence-corrected chi connectivity index (χ1v) is 3.73. The number of hydrogen-bond acceptors (Lipinski definition) is 2. The van der Waals surface area contributed by atoms with E-state index in [1.54, 1.807) is 0 Å². The molecule has 0 aromatic rings. The molecule has 1 saturated carbocycles. The molecule has 0 unspecified atom stereocenters. The minimum atomic E-state index is -1.19. The van der Waals surface area contributed by atoms with Crippen LogP contribution in [0.2, 0.25) is 0 Å². The van der Waals surface area contributed by atoms with E-state index in [4.69, 9.17) is 5.11 Å². The Morgan fingerprint density at radius 1 is 1.64 bits per heavy atom. The fourth-order valence-electron chi connectivity index (χ4n) is 1.05. The summed E-state index contributed by atoms with van der Waals surface area (Å²) < 4.78 is 13.1. The molecule has 1 amide bonds. The Morgan fingerprint density at radius 2 is 2.27 bits per heavy atom. The zero-order valence-corrected chi connectivity index (χ0v) is 6.27. The number of nitrogens with one attached hydrogen (secondary N) is 1. The minimum Gasteiger partial charge on any atom is -0.387 e. The van der Waals surface area contributed by atoms with Crippen molar-refractivity contribution in [1.82, 2.24) is 5.32 Å². The summed E-state index contributed by atoms with van der Waals surface area (Å²) in [6.45, 7) is -0.511. The van der Waals surface area contributed by atoms with Gasteiger partial charge in [-0.15, -0.1) is 0 Å². The topological polar surface area (TPSA) is 49.3 Å². The summed E-state index contributed by atoms with van der Waals surface area (Å²) in [5.74, 6) is -0.506. The summed E-state index contributed by atoms with van der Waals surface area (Å²) in [5, 5.41) is 10.6. The molecule has 0 aliphatic heterocycles. The molecule has 3 nitrogen and oxygen atoms in total. The number of hydrogen-bond donors (Lipinski definition) is 2. The third-order valence-electron chi connectivity index (χ3n) is 2.00. The standard InChI is InChI=1S/C7H12FNO2/c8-7(2-1-3-7)5-9-6(11)4-10/h10H,1-5H2,(H,9,11). The molecule has 0 spiro atoms.